The minimum atomic E-state index is -0.527. The van der Waals surface area contributed by atoms with Crippen LogP contribution in [0.2, 0.25) is 0 Å². The van der Waals surface area contributed by atoms with E-state index < -0.39 is 5.91 Å². The van der Waals surface area contributed by atoms with Crippen molar-refractivity contribution in [2.45, 2.75) is 31.8 Å². The molecule has 0 aliphatic heterocycles. The number of hydrogen-bond donors (Lipinski definition) is 2. The molecule has 1 aromatic heterocycles. The van der Waals surface area contributed by atoms with Crippen molar-refractivity contribution < 1.29 is 14.3 Å². The number of anilines is 1. The highest BCUT2D eigenvalue weighted by Gasteiger charge is 2.20. The Bertz CT molecular complexity index is 345. The summed E-state index contributed by atoms with van der Waals surface area (Å²) in [5.41, 5.74) is 7.58. The van der Waals surface area contributed by atoms with Crippen LogP contribution in [0.15, 0.2) is 4.63 Å². The van der Waals surface area contributed by atoms with Crippen LogP contribution in [0.4, 0.5) is 5.82 Å². The van der Waals surface area contributed by atoms with Crippen LogP contribution in [-0.4, -0.2) is 22.3 Å². The van der Waals surface area contributed by atoms with Crippen LogP contribution >= 0.6 is 0 Å². The van der Waals surface area contributed by atoms with Gasteiger partial charge in [0.15, 0.2) is 0 Å². The SMILES string of the molecule is Nc1nonc1C(=O)NOC1CCCC1. The quantitative estimate of drug-likeness (QED) is 0.696. The van der Waals surface area contributed by atoms with Crippen LogP contribution in [0.5, 0.6) is 0 Å². The number of hydroxylamine groups is 1. The van der Waals surface area contributed by atoms with E-state index in [4.69, 9.17) is 10.6 Å². The maximum atomic E-state index is 11.4. The van der Waals surface area contributed by atoms with Gasteiger partial charge in [-0.2, -0.15) is 0 Å². The summed E-state index contributed by atoms with van der Waals surface area (Å²) in [6.45, 7) is 0. The molecule has 15 heavy (non-hydrogen) atoms. The molecular formula is C8H12N4O3. The molecule has 1 aromatic rings. The minimum Gasteiger partial charge on any atom is -0.379 e. The predicted octanol–water partition coefficient (Wildman–Crippen LogP) is 0.256. The first-order valence-electron chi connectivity index (χ1n) is 4.81. The van der Waals surface area contributed by atoms with Crippen molar-refractivity contribution in [3.05, 3.63) is 5.69 Å². The third-order valence-corrected chi connectivity index (χ3v) is 2.35. The molecule has 0 radical (unpaired) electrons. The molecule has 0 spiro atoms. The number of carbonyl (C=O) groups is 1. The molecule has 0 saturated heterocycles. The monoisotopic (exact) mass is 212 g/mol. The molecule has 0 unspecified atom stereocenters. The first-order valence-corrected chi connectivity index (χ1v) is 4.81. The number of nitrogen functional groups attached to an aromatic ring is 1. The number of nitrogens with one attached hydrogen (secondary N) is 1. The van der Waals surface area contributed by atoms with Crippen molar-refractivity contribution in [2.24, 2.45) is 0 Å². The lowest BCUT2D eigenvalue weighted by Crippen LogP contribution is -2.29. The number of nitrogens with zero attached hydrogens (tertiary/aromatic N) is 2. The van der Waals surface area contributed by atoms with E-state index in [0.717, 1.165) is 25.7 Å². The fourth-order valence-electron chi connectivity index (χ4n) is 1.54. The number of aromatic nitrogens is 2. The molecule has 82 valence electrons. The lowest BCUT2D eigenvalue weighted by Gasteiger charge is -2.09. The van der Waals surface area contributed by atoms with Gasteiger partial charge in [-0.05, 0) is 23.2 Å². The number of nitrogens with two attached hydrogens (primary N) is 1. The largest absolute Gasteiger partial charge is 0.379 e. The lowest BCUT2D eigenvalue weighted by atomic mass is 10.3. The zero-order valence-corrected chi connectivity index (χ0v) is 8.10. The Labute approximate surface area is 85.9 Å². The number of hydrogen-bond acceptors (Lipinski definition) is 6. The van der Waals surface area contributed by atoms with E-state index in [1.54, 1.807) is 0 Å². The van der Waals surface area contributed by atoms with Crippen molar-refractivity contribution in [3.63, 3.8) is 0 Å². The van der Waals surface area contributed by atoms with Crippen LogP contribution in [0.25, 0.3) is 0 Å². The van der Waals surface area contributed by atoms with Gasteiger partial charge in [0.1, 0.15) is 0 Å². The standard InChI is InChI=1S/C8H12N4O3/c9-7-6(10-15-11-7)8(13)12-14-5-3-1-2-4-5/h5H,1-4H2,(H2,9,11)(H,12,13). The summed E-state index contributed by atoms with van der Waals surface area (Å²) in [7, 11) is 0. The highest BCUT2D eigenvalue weighted by atomic mass is 16.7. The van der Waals surface area contributed by atoms with Gasteiger partial charge in [0.25, 0.3) is 0 Å². The Morgan fingerprint density at radius 3 is 2.80 bits per heavy atom. The fourth-order valence-corrected chi connectivity index (χ4v) is 1.54. The van der Waals surface area contributed by atoms with E-state index >= 15 is 0 Å². The third kappa shape index (κ3) is 2.24. The molecule has 1 saturated carbocycles. The molecule has 7 heteroatoms. The minimum absolute atomic E-state index is 0.0393. The van der Waals surface area contributed by atoms with Gasteiger partial charge in [-0.25, -0.2) is 10.1 Å². The average molecular weight is 212 g/mol. The normalized spacial score (nSPS) is 16.8. The second kappa shape index (κ2) is 4.26. The van der Waals surface area contributed by atoms with E-state index in [2.05, 4.69) is 20.4 Å². The van der Waals surface area contributed by atoms with Gasteiger partial charge in [0, 0.05) is 0 Å². The van der Waals surface area contributed by atoms with Gasteiger partial charge in [-0.3, -0.25) is 9.63 Å². The summed E-state index contributed by atoms with van der Waals surface area (Å²) in [6, 6.07) is 0. The molecule has 1 amide bonds. The van der Waals surface area contributed by atoms with Crippen LogP contribution in [0.1, 0.15) is 36.2 Å². The maximum Gasteiger partial charge on any atom is 0.300 e. The molecule has 0 bridgehead atoms. The van der Waals surface area contributed by atoms with E-state index in [1.165, 1.54) is 0 Å². The molecule has 0 atom stereocenters. The zero-order valence-electron chi connectivity index (χ0n) is 8.10. The first-order chi connectivity index (χ1) is 7.27. The van der Waals surface area contributed by atoms with Gasteiger partial charge < -0.3 is 5.73 Å². The molecule has 1 fully saturated rings. The van der Waals surface area contributed by atoms with Crippen LogP contribution in [-0.2, 0) is 4.84 Å². The Morgan fingerprint density at radius 2 is 2.20 bits per heavy atom. The summed E-state index contributed by atoms with van der Waals surface area (Å²) < 4.78 is 4.30. The molecule has 1 aliphatic rings. The van der Waals surface area contributed by atoms with Gasteiger partial charge in [-0.1, -0.05) is 12.8 Å². The van der Waals surface area contributed by atoms with Crippen molar-refractivity contribution >= 4 is 11.7 Å². The first kappa shape index (κ1) is 9.91. The van der Waals surface area contributed by atoms with E-state index in [-0.39, 0.29) is 17.6 Å². The molecule has 1 aliphatic carbocycles. The smallest absolute Gasteiger partial charge is 0.300 e. The van der Waals surface area contributed by atoms with Crippen LogP contribution in [0.3, 0.4) is 0 Å². The zero-order chi connectivity index (χ0) is 10.7. The second-order valence-corrected chi connectivity index (χ2v) is 3.45. The summed E-state index contributed by atoms with van der Waals surface area (Å²) in [4.78, 5) is 16.6. The van der Waals surface area contributed by atoms with E-state index in [1.807, 2.05) is 0 Å². The van der Waals surface area contributed by atoms with E-state index in [0.29, 0.717) is 0 Å². The summed E-state index contributed by atoms with van der Waals surface area (Å²) in [6.07, 6.45) is 4.29. The second-order valence-electron chi connectivity index (χ2n) is 3.45. The number of carbonyl (C=O) groups excluding carboxylic acids is 1. The van der Waals surface area contributed by atoms with Gasteiger partial charge in [-0.15, -0.1) is 0 Å². The average Bonchev–Trinajstić information content (AvgIpc) is 2.84. The Morgan fingerprint density at radius 1 is 1.47 bits per heavy atom. The summed E-state index contributed by atoms with van der Waals surface area (Å²) in [5.74, 6) is -0.567. The predicted molar refractivity (Wildman–Crippen MR) is 49.5 cm³/mol. The van der Waals surface area contributed by atoms with Gasteiger partial charge >= 0.3 is 5.91 Å². The van der Waals surface area contributed by atoms with Crippen molar-refractivity contribution in [1.82, 2.24) is 15.8 Å². The molecule has 2 rings (SSSR count). The molecular weight excluding hydrogens is 200 g/mol. The summed E-state index contributed by atoms with van der Waals surface area (Å²) >= 11 is 0. The van der Waals surface area contributed by atoms with Crippen molar-refractivity contribution in [3.8, 4) is 0 Å². The van der Waals surface area contributed by atoms with Crippen molar-refractivity contribution in [1.29, 1.82) is 0 Å². The third-order valence-electron chi connectivity index (χ3n) is 2.35. The highest BCUT2D eigenvalue weighted by Crippen LogP contribution is 2.20. The molecule has 0 aromatic carbocycles. The van der Waals surface area contributed by atoms with Crippen LogP contribution in [0, 0.1) is 0 Å². The lowest BCUT2D eigenvalue weighted by molar-refractivity contribution is -0.0129. The van der Waals surface area contributed by atoms with Gasteiger partial charge in [0.05, 0.1) is 6.10 Å². The topological polar surface area (TPSA) is 103 Å². The van der Waals surface area contributed by atoms with E-state index in [9.17, 15) is 4.79 Å². The van der Waals surface area contributed by atoms with Crippen molar-refractivity contribution in [2.75, 3.05) is 5.73 Å². The van der Waals surface area contributed by atoms with Crippen LogP contribution < -0.4 is 11.2 Å². The molecule has 3 N–H and O–H groups in total. The number of amides is 1. The highest BCUT2D eigenvalue weighted by molar-refractivity contribution is 5.95. The molecule has 1 heterocycles. The Hall–Kier alpha value is -1.63. The maximum absolute atomic E-state index is 11.4. The Kier molecular flexibility index (Phi) is 2.82. The molecule has 7 nitrogen and oxygen atoms in total. The Balaban J connectivity index is 1.84. The number of rotatable bonds is 3. The van der Waals surface area contributed by atoms with Gasteiger partial charge in [0.2, 0.25) is 11.5 Å². The fraction of sp³-hybridized carbons (Fsp3) is 0.625. The summed E-state index contributed by atoms with van der Waals surface area (Å²) in [5, 5.41) is 6.65.